The third-order valence-corrected chi connectivity index (χ3v) is 4.45. The van der Waals surface area contributed by atoms with Crippen molar-refractivity contribution in [3.8, 4) is 0 Å². The summed E-state index contributed by atoms with van der Waals surface area (Å²) in [7, 11) is 0. The number of hydrogen-bond donors (Lipinski definition) is 0. The number of carbonyl (C=O) groups is 1. The van der Waals surface area contributed by atoms with Gasteiger partial charge in [0.05, 0.1) is 0 Å². The van der Waals surface area contributed by atoms with Crippen LogP contribution in [0.25, 0.3) is 0 Å². The van der Waals surface area contributed by atoms with Crippen LogP contribution in [0.1, 0.15) is 17.5 Å². The highest BCUT2D eigenvalue weighted by Crippen LogP contribution is 2.12. The second kappa shape index (κ2) is 8.02. The van der Waals surface area contributed by atoms with Crippen molar-refractivity contribution in [3.63, 3.8) is 0 Å². The Labute approximate surface area is 141 Å². The van der Waals surface area contributed by atoms with E-state index in [1.165, 1.54) is 11.6 Å². The fourth-order valence-corrected chi connectivity index (χ4v) is 3.00. The van der Waals surface area contributed by atoms with Gasteiger partial charge >= 0.3 is 0 Å². The van der Waals surface area contributed by atoms with Gasteiger partial charge in [-0.05, 0) is 35.7 Å². The third kappa shape index (κ3) is 4.38. The van der Waals surface area contributed by atoms with E-state index in [-0.39, 0.29) is 11.7 Å². The van der Waals surface area contributed by atoms with Crippen molar-refractivity contribution in [2.75, 3.05) is 26.2 Å². The molecular weight excluding hydrogens is 305 g/mol. The van der Waals surface area contributed by atoms with Gasteiger partial charge in [0.15, 0.2) is 0 Å². The SMILES string of the molecule is O=C(CCc1ccccc1F)N1CCN(Cc2ccncc2)CC1. The van der Waals surface area contributed by atoms with Gasteiger partial charge in [0, 0.05) is 51.5 Å². The monoisotopic (exact) mass is 327 g/mol. The van der Waals surface area contributed by atoms with E-state index in [1.54, 1.807) is 30.6 Å². The zero-order valence-corrected chi connectivity index (χ0v) is 13.7. The minimum atomic E-state index is -0.229. The minimum Gasteiger partial charge on any atom is -0.340 e. The predicted octanol–water partition coefficient (Wildman–Crippen LogP) is 2.50. The van der Waals surface area contributed by atoms with Gasteiger partial charge < -0.3 is 4.90 Å². The molecule has 3 rings (SSSR count). The van der Waals surface area contributed by atoms with Crippen molar-refractivity contribution < 1.29 is 9.18 Å². The first-order valence-electron chi connectivity index (χ1n) is 8.35. The number of piperazine rings is 1. The highest BCUT2D eigenvalue weighted by molar-refractivity contribution is 5.76. The number of hydrogen-bond acceptors (Lipinski definition) is 3. The molecule has 5 heteroatoms. The van der Waals surface area contributed by atoms with E-state index in [9.17, 15) is 9.18 Å². The molecule has 2 aromatic rings. The zero-order valence-electron chi connectivity index (χ0n) is 13.7. The number of aromatic nitrogens is 1. The number of pyridine rings is 1. The van der Waals surface area contributed by atoms with Gasteiger partial charge in [-0.25, -0.2) is 4.39 Å². The standard InChI is InChI=1S/C19H22FN3O/c20-18-4-2-1-3-17(18)5-6-19(24)23-13-11-22(12-14-23)15-16-7-9-21-10-8-16/h1-4,7-10H,5-6,11-15H2. The average Bonchev–Trinajstić information content (AvgIpc) is 2.62. The maximum absolute atomic E-state index is 13.6. The van der Waals surface area contributed by atoms with Gasteiger partial charge in [0.1, 0.15) is 5.82 Å². The summed E-state index contributed by atoms with van der Waals surface area (Å²) in [5.74, 6) is -0.116. The smallest absolute Gasteiger partial charge is 0.222 e. The number of nitrogens with zero attached hydrogens (tertiary/aromatic N) is 3. The number of carbonyl (C=O) groups excluding carboxylic acids is 1. The highest BCUT2D eigenvalue weighted by atomic mass is 19.1. The van der Waals surface area contributed by atoms with E-state index in [1.807, 2.05) is 17.0 Å². The molecule has 0 N–H and O–H groups in total. The first kappa shape index (κ1) is 16.6. The number of aryl methyl sites for hydroxylation is 1. The largest absolute Gasteiger partial charge is 0.340 e. The lowest BCUT2D eigenvalue weighted by Gasteiger charge is -2.34. The summed E-state index contributed by atoms with van der Waals surface area (Å²) >= 11 is 0. The van der Waals surface area contributed by atoms with Crippen LogP contribution in [-0.2, 0) is 17.8 Å². The van der Waals surface area contributed by atoms with Crippen molar-refractivity contribution in [1.29, 1.82) is 0 Å². The van der Waals surface area contributed by atoms with Crippen LogP contribution < -0.4 is 0 Å². The quantitative estimate of drug-likeness (QED) is 0.847. The zero-order chi connectivity index (χ0) is 16.8. The average molecular weight is 327 g/mol. The lowest BCUT2D eigenvalue weighted by Crippen LogP contribution is -2.48. The van der Waals surface area contributed by atoms with Crippen LogP contribution in [0, 0.1) is 5.82 Å². The lowest BCUT2D eigenvalue weighted by molar-refractivity contribution is -0.133. The normalized spacial score (nSPS) is 15.5. The van der Waals surface area contributed by atoms with E-state index in [0.717, 1.165) is 32.7 Å². The summed E-state index contributed by atoms with van der Waals surface area (Å²) in [6.07, 6.45) is 4.43. The van der Waals surface area contributed by atoms with E-state index in [0.29, 0.717) is 18.4 Å². The maximum atomic E-state index is 13.6. The van der Waals surface area contributed by atoms with Crippen LogP contribution in [-0.4, -0.2) is 46.9 Å². The molecule has 1 amide bonds. The van der Waals surface area contributed by atoms with Crippen molar-refractivity contribution >= 4 is 5.91 Å². The molecule has 4 nitrogen and oxygen atoms in total. The summed E-state index contributed by atoms with van der Waals surface area (Å²) in [6.45, 7) is 4.10. The molecule has 1 aromatic carbocycles. The number of halogens is 1. The second-order valence-corrected chi connectivity index (χ2v) is 6.10. The molecule has 1 saturated heterocycles. The van der Waals surface area contributed by atoms with Gasteiger partial charge in [-0.3, -0.25) is 14.7 Å². The molecule has 1 aliphatic heterocycles. The third-order valence-electron chi connectivity index (χ3n) is 4.45. The van der Waals surface area contributed by atoms with E-state index >= 15 is 0 Å². The first-order valence-corrected chi connectivity index (χ1v) is 8.35. The molecule has 1 fully saturated rings. The molecule has 0 aliphatic carbocycles. The Balaban J connectivity index is 1.44. The summed E-state index contributed by atoms with van der Waals surface area (Å²) in [5.41, 5.74) is 1.85. The van der Waals surface area contributed by atoms with Crippen LogP contribution in [0.3, 0.4) is 0 Å². The Kier molecular flexibility index (Phi) is 5.54. The Bertz CT molecular complexity index is 669. The van der Waals surface area contributed by atoms with Crippen LogP contribution >= 0.6 is 0 Å². The topological polar surface area (TPSA) is 36.4 Å². The van der Waals surface area contributed by atoms with E-state index < -0.39 is 0 Å². The number of rotatable bonds is 5. The van der Waals surface area contributed by atoms with Crippen LogP contribution in [0.15, 0.2) is 48.8 Å². The van der Waals surface area contributed by atoms with Gasteiger partial charge in [-0.2, -0.15) is 0 Å². The highest BCUT2D eigenvalue weighted by Gasteiger charge is 2.21. The summed E-state index contributed by atoms with van der Waals surface area (Å²) < 4.78 is 13.6. The molecule has 0 atom stereocenters. The Morgan fingerprint density at radius 3 is 2.46 bits per heavy atom. The summed E-state index contributed by atoms with van der Waals surface area (Å²) in [4.78, 5) is 20.6. The molecular formula is C19H22FN3O. The molecule has 0 bridgehead atoms. The van der Waals surface area contributed by atoms with Gasteiger partial charge in [0.25, 0.3) is 0 Å². The second-order valence-electron chi connectivity index (χ2n) is 6.10. The molecule has 0 unspecified atom stereocenters. The maximum Gasteiger partial charge on any atom is 0.222 e. The molecule has 0 saturated carbocycles. The van der Waals surface area contributed by atoms with Gasteiger partial charge in [-0.1, -0.05) is 18.2 Å². The van der Waals surface area contributed by atoms with Crippen molar-refractivity contribution in [2.24, 2.45) is 0 Å². The molecule has 126 valence electrons. The molecule has 0 spiro atoms. The summed E-state index contributed by atoms with van der Waals surface area (Å²) in [5, 5.41) is 0. The minimum absolute atomic E-state index is 0.113. The Hall–Kier alpha value is -2.27. The fraction of sp³-hybridized carbons (Fsp3) is 0.368. The molecule has 1 aromatic heterocycles. The molecule has 2 heterocycles. The Morgan fingerprint density at radius 2 is 1.75 bits per heavy atom. The van der Waals surface area contributed by atoms with E-state index in [2.05, 4.69) is 9.88 Å². The Morgan fingerprint density at radius 1 is 1.04 bits per heavy atom. The van der Waals surface area contributed by atoms with Gasteiger partial charge in [-0.15, -0.1) is 0 Å². The first-order chi connectivity index (χ1) is 11.7. The fourth-order valence-electron chi connectivity index (χ4n) is 3.00. The van der Waals surface area contributed by atoms with Crippen molar-refractivity contribution in [1.82, 2.24) is 14.8 Å². The summed E-state index contributed by atoms with van der Waals surface area (Å²) in [6, 6.07) is 10.7. The molecule has 24 heavy (non-hydrogen) atoms. The number of benzene rings is 1. The number of amides is 1. The molecule has 0 radical (unpaired) electrons. The van der Waals surface area contributed by atoms with Crippen molar-refractivity contribution in [3.05, 3.63) is 65.7 Å². The molecule has 1 aliphatic rings. The predicted molar refractivity (Wildman–Crippen MR) is 90.8 cm³/mol. The van der Waals surface area contributed by atoms with Gasteiger partial charge in [0.2, 0.25) is 5.91 Å². The van der Waals surface area contributed by atoms with Crippen LogP contribution in [0.2, 0.25) is 0 Å². The van der Waals surface area contributed by atoms with E-state index in [4.69, 9.17) is 0 Å². The lowest BCUT2D eigenvalue weighted by atomic mass is 10.1. The van der Waals surface area contributed by atoms with Crippen molar-refractivity contribution in [2.45, 2.75) is 19.4 Å². The van der Waals surface area contributed by atoms with Crippen LogP contribution in [0.4, 0.5) is 4.39 Å². The van der Waals surface area contributed by atoms with Crippen LogP contribution in [0.5, 0.6) is 0 Å².